The van der Waals surface area contributed by atoms with E-state index in [0.29, 0.717) is 5.69 Å². The standard InChI is InChI=1S/C18H25N3O/c1-18(2,3)13-7-6-12-9-16(21-15(12)10-13)17(22)20-14-5-4-8-19-11-14/h6-7,9-10,14,19,21H,4-5,8,11H2,1-3H3,(H,20,22)/t14-/m1/s1. The Morgan fingerprint density at radius 1 is 1.27 bits per heavy atom. The van der Waals surface area contributed by atoms with Gasteiger partial charge in [-0.1, -0.05) is 32.9 Å². The van der Waals surface area contributed by atoms with Crippen LogP contribution in [0.4, 0.5) is 0 Å². The normalized spacial score (nSPS) is 19.3. The van der Waals surface area contributed by atoms with Gasteiger partial charge in [-0.3, -0.25) is 4.79 Å². The van der Waals surface area contributed by atoms with Gasteiger partial charge in [0.25, 0.3) is 5.91 Å². The molecule has 4 nitrogen and oxygen atoms in total. The highest BCUT2D eigenvalue weighted by atomic mass is 16.1. The number of aromatic amines is 1. The summed E-state index contributed by atoms with van der Waals surface area (Å²) in [6, 6.07) is 8.55. The van der Waals surface area contributed by atoms with Gasteiger partial charge in [0.15, 0.2) is 0 Å². The minimum Gasteiger partial charge on any atom is -0.351 e. The quantitative estimate of drug-likeness (QED) is 0.798. The third kappa shape index (κ3) is 3.17. The smallest absolute Gasteiger partial charge is 0.267 e. The first-order chi connectivity index (χ1) is 10.4. The van der Waals surface area contributed by atoms with E-state index in [0.717, 1.165) is 36.8 Å². The number of rotatable bonds is 2. The zero-order valence-corrected chi connectivity index (χ0v) is 13.6. The van der Waals surface area contributed by atoms with E-state index < -0.39 is 0 Å². The molecule has 1 aromatic carbocycles. The molecule has 1 aliphatic heterocycles. The maximum absolute atomic E-state index is 12.4. The molecule has 3 N–H and O–H groups in total. The van der Waals surface area contributed by atoms with E-state index in [1.807, 2.05) is 6.07 Å². The summed E-state index contributed by atoms with van der Waals surface area (Å²) in [5, 5.41) is 7.51. The Kier molecular flexibility index (Phi) is 3.96. The van der Waals surface area contributed by atoms with Crippen molar-refractivity contribution in [2.24, 2.45) is 0 Å². The van der Waals surface area contributed by atoms with E-state index in [9.17, 15) is 4.79 Å². The molecule has 1 atom stereocenters. The van der Waals surface area contributed by atoms with Crippen molar-refractivity contribution in [1.82, 2.24) is 15.6 Å². The highest BCUT2D eigenvalue weighted by Crippen LogP contribution is 2.26. The van der Waals surface area contributed by atoms with Crippen LogP contribution in [0.15, 0.2) is 24.3 Å². The van der Waals surface area contributed by atoms with Gasteiger partial charge in [0.2, 0.25) is 0 Å². The molecule has 1 aromatic heterocycles. The number of carbonyl (C=O) groups is 1. The molecule has 2 aromatic rings. The summed E-state index contributed by atoms with van der Waals surface area (Å²) >= 11 is 0. The number of fused-ring (bicyclic) bond motifs is 1. The highest BCUT2D eigenvalue weighted by Gasteiger charge is 2.19. The molecule has 0 bridgehead atoms. The monoisotopic (exact) mass is 299 g/mol. The van der Waals surface area contributed by atoms with E-state index in [-0.39, 0.29) is 17.4 Å². The molecule has 3 rings (SSSR count). The fourth-order valence-corrected chi connectivity index (χ4v) is 2.95. The SMILES string of the molecule is CC(C)(C)c1ccc2cc(C(=O)N[C@@H]3CCCNC3)[nH]c2c1. The molecule has 1 fully saturated rings. The second-order valence-electron chi connectivity index (χ2n) is 7.25. The van der Waals surface area contributed by atoms with Crippen LogP contribution in [-0.2, 0) is 5.41 Å². The minimum absolute atomic E-state index is 0.0118. The Hall–Kier alpha value is -1.81. The zero-order chi connectivity index (χ0) is 15.7. The molecule has 0 radical (unpaired) electrons. The van der Waals surface area contributed by atoms with Gasteiger partial charge in [0.05, 0.1) is 0 Å². The molecule has 4 heteroatoms. The lowest BCUT2D eigenvalue weighted by molar-refractivity contribution is 0.0926. The summed E-state index contributed by atoms with van der Waals surface area (Å²) < 4.78 is 0. The van der Waals surface area contributed by atoms with Gasteiger partial charge in [-0.15, -0.1) is 0 Å². The number of amides is 1. The molecule has 0 saturated carbocycles. The van der Waals surface area contributed by atoms with Gasteiger partial charge < -0.3 is 15.6 Å². The van der Waals surface area contributed by atoms with Crippen LogP contribution in [0.5, 0.6) is 0 Å². The van der Waals surface area contributed by atoms with Crippen LogP contribution in [0.2, 0.25) is 0 Å². The third-order valence-corrected chi connectivity index (χ3v) is 4.37. The molecular formula is C18H25N3O. The maximum atomic E-state index is 12.4. The summed E-state index contributed by atoms with van der Waals surface area (Å²) in [5.41, 5.74) is 3.05. The first-order valence-electron chi connectivity index (χ1n) is 8.08. The molecule has 1 aliphatic rings. The predicted molar refractivity (Wildman–Crippen MR) is 90.4 cm³/mol. The molecular weight excluding hydrogens is 274 g/mol. The molecule has 1 saturated heterocycles. The maximum Gasteiger partial charge on any atom is 0.267 e. The van der Waals surface area contributed by atoms with Crippen LogP contribution in [0.3, 0.4) is 0 Å². The average Bonchev–Trinajstić information content (AvgIpc) is 2.90. The fraction of sp³-hybridized carbons (Fsp3) is 0.500. The van der Waals surface area contributed by atoms with Crippen molar-refractivity contribution < 1.29 is 4.79 Å². The summed E-state index contributed by atoms with van der Waals surface area (Å²) in [7, 11) is 0. The van der Waals surface area contributed by atoms with E-state index in [1.54, 1.807) is 0 Å². The van der Waals surface area contributed by atoms with Crippen LogP contribution < -0.4 is 10.6 Å². The molecule has 1 amide bonds. The Morgan fingerprint density at radius 2 is 2.09 bits per heavy atom. The number of piperidine rings is 1. The Bertz CT molecular complexity index is 675. The van der Waals surface area contributed by atoms with Crippen molar-refractivity contribution in [3.63, 3.8) is 0 Å². The summed E-state index contributed by atoms with van der Waals surface area (Å²) in [5.74, 6) is -0.0118. The molecule has 0 aliphatic carbocycles. The third-order valence-electron chi connectivity index (χ3n) is 4.37. The molecule has 118 valence electrons. The van der Waals surface area contributed by atoms with Gasteiger partial charge in [0.1, 0.15) is 5.69 Å². The number of hydrogen-bond donors (Lipinski definition) is 3. The van der Waals surface area contributed by atoms with Crippen molar-refractivity contribution in [2.45, 2.75) is 45.1 Å². The molecule has 0 spiro atoms. The van der Waals surface area contributed by atoms with Gasteiger partial charge in [-0.2, -0.15) is 0 Å². The summed E-state index contributed by atoms with van der Waals surface area (Å²) in [6.45, 7) is 8.50. The second kappa shape index (κ2) is 5.76. The zero-order valence-electron chi connectivity index (χ0n) is 13.6. The largest absolute Gasteiger partial charge is 0.351 e. The first-order valence-corrected chi connectivity index (χ1v) is 8.08. The lowest BCUT2D eigenvalue weighted by Crippen LogP contribution is -2.45. The molecule has 2 heterocycles. The number of aromatic nitrogens is 1. The van der Waals surface area contributed by atoms with Gasteiger partial charge >= 0.3 is 0 Å². The number of benzene rings is 1. The Balaban J connectivity index is 1.80. The lowest BCUT2D eigenvalue weighted by Gasteiger charge is -2.23. The fourth-order valence-electron chi connectivity index (χ4n) is 2.95. The van der Waals surface area contributed by atoms with Crippen molar-refractivity contribution in [3.8, 4) is 0 Å². The van der Waals surface area contributed by atoms with Crippen LogP contribution in [0.1, 0.15) is 49.7 Å². The van der Waals surface area contributed by atoms with E-state index in [2.05, 4.69) is 54.6 Å². The highest BCUT2D eigenvalue weighted by molar-refractivity contribution is 5.98. The number of H-pyrrole nitrogens is 1. The second-order valence-corrected chi connectivity index (χ2v) is 7.25. The van der Waals surface area contributed by atoms with E-state index >= 15 is 0 Å². The minimum atomic E-state index is -0.0118. The van der Waals surface area contributed by atoms with E-state index in [1.165, 1.54) is 5.56 Å². The van der Waals surface area contributed by atoms with Crippen molar-refractivity contribution in [3.05, 3.63) is 35.5 Å². The van der Waals surface area contributed by atoms with Gasteiger partial charge in [-0.25, -0.2) is 0 Å². The van der Waals surface area contributed by atoms with Crippen LogP contribution >= 0.6 is 0 Å². The Morgan fingerprint density at radius 3 is 2.77 bits per heavy atom. The van der Waals surface area contributed by atoms with Crippen LogP contribution in [0.25, 0.3) is 10.9 Å². The first kappa shape index (κ1) is 15.1. The average molecular weight is 299 g/mol. The topological polar surface area (TPSA) is 56.9 Å². The van der Waals surface area contributed by atoms with Crippen LogP contribution in [-0.4, -0.2) is 30.0 Å². The lowest BCUT2D eigenvalue weighted by atomic mass is 9.87. The molecule has 22 heavy (non-hydrogen) atoms. The number of nitrogens with one attached hydrogen (secondary N) is 3. The van der Waals surface area contributed by atoms with Crippen molar-refractivity contribution >= 4 is 16.8 Å². The summed E-state index contributed by atoms with van der Waals surface area (Å²) in [4.78, 5) is 15.7. The van der Waals surface area contributed by atoms with Gasteiger partial charge in [0, 0.05) is 23.5 Å². The van der Waals surface area contributed by atoms with Gasteiger partial charge in [-0.05, 0) is 42.5 Å². The molecule has 0 unspecified atom stereocenters. The number of carbonyl (C=O) groups excluding carboxylic acids is 1. The Labute approximate surface area is 131 Å². The van der Waals surface area contributed by atoms with Crippen LogP contribution in [0, 0.1) is 0 Å². The van der Waals surface area contributed by atoms with Crippen molar-refractivity contribution in [1.29, 1.82) is 0 Å². The van der Waals surface area contributed by atoms with E-state index in [4.69, 9.17) is 0 Å². The predicted octanol–water partition coefficient (Wildman–Crippen LogP) is 2.95. The summed E-state index contributed by atoms with van der Waals surface area (Å²) in [6.07, 6.45) is 2.17. The van der Waals surface area contributed by atoms with Crippen molar-refractivity contribution in [2.75, 3.05) is 13.1 Å². The number of hydrogen-bond acceptors (Lipinski definition) is 2.